The van der Waals surface area contributed by atoms with Crippen molar-refractivity contribution >= 4 is 23.6 Å². The number of rotatable bonds is 8. The fourth-order valence-electron chi connectivity index (χ4n) is 2.72. The molecule has 1 N–H and O–H groups in total. The Bertz CT molecular complexity index is 760. The second kappa shape index (κ2) is 10.1. The molecule has 0 heterocycles. The molecule has 2 aromatic rings. The van der Waals surface area contributed by atoms with Crippen LogP contribution in [0.1, 0.15) is 21.5 Å². The second-order valence-electron chi connectivity index (χ2n) is 6.55. The van der Waals surface area contributed by atoms with Crippen LogP contribution in [0, 0.1) is 0 Å². The van der Waals surface area contributed by atoms with Gasteiger partial charge in [0.05, 0.1) is 6.54 Å². The van der Waals surface area contributed by atoms with Crippen molar-refractivity contribution in [3.8, 4) is 0 Å². The van der Waals surface area contributed by atoms with Gasteiger partial charge in [-0.05, 0) is 48.7 Å². The molecular weight excluding hydrogens is 358 g/mol. The van der Waals surface area contributed by atoms with E-state index in [1.54, 1.807) is 35.8 Å². The lowest BCUT2D eigenvalue weighted by Crippen LogP contribution is -2.36. The normalized spacial score (nSPS) is 10.7. The first kappa shape index (κ1) is 21.0. The van der Waals surface area contributed by atoms with Crippen molar-refractivity contribution in [1.82, 2.24) is 15.1 Å². The smallest absolute Gasteiger partial charge is 0.251 e. The van der Waals surface area contributed by atoms with Gasteiger partial charge in [0, 0.05) is 37.6 Å². The van der Waals surface area contributed by atoms with Crippen LogP contribution in [0.5, 0.6) is 0 Å². The van der Waals surface area contributed by atoms with Crippen molar-refractivity contribution in [3.05, 3.63) is 65.2 Å². The average Bonchev–Trinajstić information content (AvgIpc) is 2.68. The maximum Gasteiger partial charge on any atom is 0.251 e. The van der Waals surface area contributed by atoms with Crippen molar-refractivity contribution in [3.63, 3.8) is 0 Å². The molecule has 27 heavy (non-hydrogen) atoms. The Kier molecular flexibility index (Phi) is 7.88. The molecule has 2 amide bonds. The Labute approximate surface area is 165 Å². The van der Waals surface area contributed by atoms with Crippen molar-refractivity contribution in [2.24, 2.45) is 0 Å². The van der Waals surface area contributed by atoms with Crippen LogP contribution in [-0.2, 0) is 17.9 Å². The van der Waals surface area contributed by atoms with Crippen LogP contribution in [0.4, 0.5) is 0 Å². The molecule has 2 rings (SSSR count). The lowest BCUT2D eigenvalue weighted by Gasteiger charge is -2.22. The summed E-state index contributed by atoms with van der Waals surface area (Å²) in [5, 5.41) is 2.61. The maximum atomic E-state index is 12.5. The first-order valence-corrected chi connectivity index (χ1v) is 10.0. The summed E-state index contributed by atoms with van der Waals surface area (Å²) in [5.41, 5.74) is 2.82. The van der Waals surface area contributed by atoms with Crippen molar-refractivity contribution < 1.29 is 9.59 Å². The van der Waals surface area contributed by atoms with E-state index in [1.165, 1.54) is 4.90 Å². The number of hydrogen-bond donors (Lipinski definition) is 1. The highest BCUT2D eigenvalue weighted by Gasteiger charge is 2.13. The Hall–Kier alpha value is -2.31. The van der Waals surface area contributed by atoms with Gasteiger partial charge in [0.15, 0.2) is 0 Å². The molecule has 0 unspecified atom stereocenters. The van der Waals surface area contributed by atoms with Gasteiger partial charge in [-0.3, -0.25) is 14.5 Å². The Morgan fingerprint density at radius 3 is 2.04 bits per heavy atom. The zero-order valence-corrected chi connectivity index (χ0v) is 17.2. The summed E-state index contributed by atoms with van der Waals surface area (Å²) in [7, 11) is 5.37. The number of benzene rings is 2. The fourth-order valence-corrected chi connectivity index (χ4v) is 3.13. The number of likely N-dealkylation sites (N-methyl/N-ethyl adjacent to an activating group) is 2. The lowest BCUT2D eigenvalue weighted by atomic mass is 10.1. The van der Waals surface area contributed by atoms with Gasteiger partial charge in [0.1, 0.15) is 0 Å². The minimum atomic E-state index is -0.0997. The lowest BCUT2D eigenvalue weighted by molar-refractivity contribution is -0.131. The first-order chi connectivity index (χ1) is 12.9. The summed E-state index contributed by atoms with van der Waals surface area (Å²) < 4.78 is 0. The van der Waals surface area contributed by atoms with Crippen LogP contribution in [0.2, 0.25) is 0 Å². The monoisotopic (exact) mass is 385 g/mol. The molecule has 6 heteroatoms. The van der Waals surface area contributed by atoms with E-state index >= 15 is 0 Å². The second-order valence-corrected chi connectivity index (χ2v) is 7.43. The van der Waals surface area contributed by atoms with Gasteiger partial charge in [-0.25, -0.2) is 0 Å². The predicted octanol–water partition coefficient (Wildman–Crippen LogP) is 2.86. The molecule has 0 aliphatic rings. The summed E-state index contributed by atoms with van der Waals surface area (Å²) in [6, 6.07) is 15.7. The molecule has 0 atom stereocenters. The molecule has 0 bridgehead atoms. The number of nitrogens with zero attached hydrogens (tertiary/aromatic N) is 2. The minimum absolute atomic E-state index is 0.0772. The summed E-state index contributed by atoms with van der Waals surface area (Å²) in [6.07, 6.45) is 2.05. The van der Waals surface area contributed by atoms with E-state index in [4.69, 9.17) is 0 Å². The molecule has 0 aromatic heterocycles. The van der Waals surface area contributed by atoms with Crippen molar-refractivity contribution in [2.45, 2.75) is 18.0 Å². The zero-order chi connectivity index (χ0) is 19.8. The van der Waals surface area contributed by atoms with Gasteiger partial charge in [0.2, 0.25) is 5.91 Å². The fraction of sp³-hybridized carbons (Fsp3) is 0.333. The van der Waals surface area contributed by atoms with Crippen LogP contribution in [0.15, 0.2) is 53.4 Å². The van der Waals surface area contributed by atoms with Crippen molar-refractivity contribution in [2.75, 3.05) is 33.9 Å². The van der Waals surface area contributed by atoms with Gasteiger partial charge in [-0.2, -0.15) is 0 Å². The topological polar surface area (TPSA) is 52.7 Å². The SMILES string of the molecule is CNC(=O)c1ccc(CN(C)CC(=O)N(C)Cc2ccc(SC)cc2)cc1. The quantitative estimate of drug-likeness (QED) is 0.710. The van der Waals surface area contributed by atoms with Crippen LogP contribution in [0.25, 0.3) is 0 Å². The maximum absolute atomic E-state index is 12.5. The Morgan fingerprint density at radius 2 is 1.48 bits per heavy atom. The first-order valence-electron chi connectivity index (χ1n) is 8.79. The summed E-state index contributed by atoms with van der Waals surface area (Å²) >= 11 is 1.71. The largest absolute Gasteiger partial charge is 0.355 e. The Morgan fingerprint density at radius 1 is 0.926 bits per heavy atom. The molecule has 0 aliphatic carbocycles. The van der Waals surface area contributed by atoms with Crippen LogP contribution in [-0.4, -0.2) is 55.6 Å². The third-order valence-corrected chi connectivity index (χ3v) is 5.05. The highest BCUT2D eigenvalue weighted by molar-refractivity contribution is 7.98. The number of carbonyl (C=O) groups is 2. The molecule has 2 aromatic carbocycles. The number of carbonyl (C=O) groups excluding carboxylic acids is 2. The van der Waals surface area contributed by atoms with Crippen LogP contribution >= 0.6 is 11.8 Å². The third-order valence-electron chi connectivity index (χ3n) is 4.31. The average molecular weight is 386 g/mol. The Balaban J connectivity index is 1.85. The van der Waals surface area contributed by atoms with E-state index in [1.807, 2.05) is 37.4 Å². The molecule has 0 aliphatic heterocycles. The molecule has 0 fully saturated rings. The summed E-state index contributed by atoms with van der Waals surface area (Å²) in [6.45, 7) is 1.59. The van der Waals surface area contributed by atoms with Crippen LogP contribution in [0.3, 0.4) is 0 Å². The molecular formula is C21H27N3O2S. The number of amides is 2. The van der Waals surface area contributed by atoms with Crippen LogP contribution < -0.4 is 5.32 Å². The number of thioether (sulfide) groups is 1. The molecule has 0 radical (unpaired) electrons. The van der Waals surface area contributed by atoms with Gasteiger partial charge in [-0.15, -0.1) is 11.8 Å². The minimum Gasteiger partial charge on any atom is -0.355 e. The zero-order valence-electron chi connectivity index (χ0n) is 16.4. The molecule has 5 nitrogen and oxygen atoms in total. The summed E-state index contributed by atoms with van der Waals surface area (Å²) in [4.78, 5) is 29.0. The predicted molar refractivity (Wildman–Crippen MR) is 111 cm³/mol. The molecule has 0 saturated heterocycles. The van der Waals surface area contributed by atoms with E-state index in [0.717, 1.165) is 11.1 Å². The highest BCUT2D eigenvalue weighted by Crippen LogP contribution is 2.15. The van der Waals surface area contributed by atoms with Gasteiger partial charge >= 0.3 is 0 Å². The van der Waals surface area contributed by atoms with E-state index in [0.29, 0.717) is 25.2 Å². The van der Waals surface area contributed by atoms with Gasteiger partial charge in [0.25, 0.3) is 5.91 Å². The number of hydrogen-bond acceptors (Lipinski definition) is 4. The molecule has 144 valence electrons. The highest BCUT2D eigenvalue weighted by atomic mass is 32.2. The summed E-state index contributed by atoms with van der Waals surface area (Å²) in [5.74, 6) is -0.0225. The third kappa shape index (κ3) is 6.41. The van der Waals surface area contributed by atoms with Gasteiger partial charge in [-0.1, -0.05) is 24.3 Å². The van der Waals surface area contributed by atoms with Crippen molar-refractivity contribution in [1.29, 1.82) is 0 Å². The van der Waals surface area contributed by atoms with E-state index in [2.05, 4.69) is 29.6 Å². The number of nitrogens with one attached hydrogen (secondary N) is 1. The van der Waals surface area contributed by atoms with E-state index in [-0.39, 0.29) is 11.8 Å². The standard InChI is InChI=1S/C21H27N3O2S/c1-22-21(26)18-9-5-16(6-10-18)13-23(2)15-20(25)24(3)14-17-7-11-19(27-4)12-8-17/h5-12H,13-15H2,1-4H3,(H,22,26). The molecule has 0 saturated carbocycles. The van der Waals surface area contributed by atoms with E-state index < -0.39 is 0 Å². The molecule has 0 spiro atoms. The van der Waals surface area contributed by atoms with E-state index in [9.17, 15) is 9.59 Å². The van der Waals surface area contributed by atoms with Gasteiger partial charge < -0.3 is 10.2 Å².